The second-order valence-electron chi connectivity index (χ2n) is 4.86. The number of nitrogens with zero attached hydrogens (tertiary/aromatic N) is 2. The third-order valence-corrected chi connectivity index (χ3v) is 5.52. The molecule has 0 saturated heterocycles. The number of thiazole rings is 2. The largest absolute Gasteiger partial charge is 0.461 e. The van der Waals surface area contributed by atoms with Gasteiger partial charge in [-0.05, 0) is 18.4 Å². The second-order valence-corrected chi connectivity index (χ2v) is 7.35. The van der Waals surface area contributed by atoms with Gasteiger partial charge in [-0.25, -0.2) is 14.8 Å². The number of carbonyl (C=O) groups excluding carboxylic acids is 2. The van der Waals surface area contributed by atoms with E-state index < -0.39 is 5.97 Å². The summed E-state index contributed by atoms with van der Waals surface area (Å²) in [6.45, 7) is 2.05. The predicted molar refractivity (Wildman–Crippen MR) is 97.0 cm³/mol. The number of rotatable bonds is 7. The SMILES string of the molecule is CCOC(=O)c1nc(COC(=O)Cc2csc(-c3ccsc3)n2)cs1. The molecule has 0 bridgehead atoms. The van der Waals surface area contributed by atoms with E-state index in [2.05, 4.69) is 9.97 Å². The van der Waals surface area contributed by atoms with Crippen LogP contribution in [0.1, 0.15) is 28.1 Å². The maximum absolute atomic E-state index is 12.0. The van der Waals surface area contributed by atoms with Crippen LogP contribution in [0.4, 0.5) is 0 Å². The van der Waals surface area contributed by atoms with Crippen LogP contribution < -0.4 is 0 Å². The zero-order valence-electron chi connectivity index (χ0n) is 13.3. The topological polar surface area (TPSA) is 78.4 Å². The fraction of sp³-hybridized carbons (Fsp3) is 0.250. The van der Waals surface area contributed by atoms with Crippen LogP contribution in [0.25, 0.3) is 10.6 Å². The van der Waals surface area contributed by atoms with Crippen molar-refractivity contribution in [3.63, 3.8) is 0 Å². The molecule has 3 heterocycles. The molecule has 0 spiro atoms. The second kappa shape index (κ2) is 8.32. The van der Waals surface area contributed by atoms with Gasteiger partial charge in [0, 0.05) is 21.7 Å². The van der Waals surface area contributed by atoms with Gasteiger partial charge in [0.25, 0.3) is 0 Å². The first-order valence-corrected chi connectivity index (χ1v) is 10.1. The lowest BCUT2D eigenvalue weighted by molar-refractivity contribution is -0.144. The van der Waals surface area contributed by atoms with Gasteiger partial charge in [-0.3, -0.25) is 4.79 Å². The Morgan fingerprint density at radius 2 is 1.92 bits per heavy atom. The van der Waals surface area contributed by atoms with E-state index in [1.165, 1.54) is 22.7 Å². The number of thiophene rings is 1. The Morgan fingerprint density at radius 3 is 2.68 bits per heavy atom. The number of hydrogen-bond donors (Lipinski definition) is 0. The average Bonchev–Trinajstić information content (AvgIpc) is 3.34. The van der Waals surface area contributed by atoms with Crippen LogP contribution in [0.5, 0.6) is 0 Å². The van der Waals surface area contributed by atoms with Crippen molar-refractivity contribution >= 4 is 45.9 Å². The fourth-order valence-electron chi connectivity index (χ4n) is 1.92. The summed E-state index contributed by atoms with van der Waals surface area (Å²) in [5.41, 5.74) is 2.27. The Hall–Kier alpha value is -2.10. The van der Waals surface area contributed by atoms with E-state index in [1.807, 2.05) is 22.2 Å². The zero-order chi connectivity index (χ0) is 17.6. The van der Waals surface area contributed by atoms with Crippen LogP contribution in [0.3, 0.4) is 0 Å². The summed E-state index contributed by atoms with van der Waals surface area (Å²) in [6.07, 6.45) is 0.107. The van der Waals surface area contributed by atoms with Crippen molar-refractivity contribution < 1.29 is 19.1 Å². The van der Waals surface area contributed by atoms with E-state index in [1.54, 1.807) is 23.6 Å². The molecule has 0 unspecified atom stereocenters. The minimum Gasteiger partial charge on any atom is -0.461 e. The number of aromatic nitrogens is 2. The molecule has 0 aliphatic carbocycles. The van der Waals surface area contributed by atoms with Gasteiger partial charge in [-0.1, -0.05) is 0 Å². The van der Waals surface area contributed by atoms with Crippen molar-refractivity contribution in [3.05, 3.63) is 44.0 Å². The molecule has 3 aromatic heterocycles. The summed E-state index contributed by atoms with van der Waals surface area (Å²) in [5, 5.41) is 8.69. The molecule has 0 saturated carbocycles. The van der Waals surface area contributed by atoms with Crippen LogP contribution in [0, 0.1) is 0 Å². The predicted octanol–water partition coefficient (Wildman–Crippen LogP) is 3.79. The molecule has 0 aromatic carbocycles. The molecule has 3 aromatic rings. The van der Waals surface area contributed by atoms with Gasteiger partial charge in [0.05, 0.1) is 24.4 Å². The summed E-state index contributed by atoms with van der Waals surface area (Å²) in [6, 6.07) is 2.00. The van der Waals surface area contributed by atoms with Gasteiger partial charge in [0.15, 0.2) is 0 Å². The lowest BCUT2D eigenvalue weighted by Crippen LogP contribution is -2.09. The van der Waals surface area contributed by atoms with Crippen molar-refractivity contribution in [1.29, 1.82) is 0 Å². The van der Waals surface area contributed by atoms with Crippen LogP contribution in [0.15, 0.2) is 27.6 Å². The highest BCUT2D eigenvalue weighted by molar-refractivity contribution is 7.14. The molecular formula is C16H14N2O4S3. The van der Waals surface area contributed by atoms with E-state index in [4.69, 9.17) is 9.47 Å². The zero-order valence-corrected chi connectivity index (χ0v) is 15.7. The lowest BCUT2D eigenvalue weighted by atomic mass is 10.3. The van der Waals surface area contributed by atoms with E-state index >= 15 is 0 Å². The molecule has 9 heteroatoms. The van der Waals surface area contributed by atoms with E-state index in [0.717, 1.165) is 10.6 Å². The van der Waals surface area contributed by atoms with Gasteiger partial charge in [0.1, 0.15) is 11.6 Å². The molecule has 6 nitrogen and oxygen atoms in total. The van der Waals surface area contributed by atoms with E-state index in [9.17, 15) is 9.59 Å². The molecule has 0 radical (unpaired) electrons. The molecule has 0 aliphatic heterocycles. The third kappa shape index (κ3) is 4.71. The normalized spacial score (nSPS) is 10.6. The van der Waals surface area contributed by atoms with Crippen LogP contribution in [0.2, 0.25) is 0 Å². The number of hydrogen-bond acceptors (Lipinski definition) is 9. The third-order valence-electron chi connectivity index (χ3n) is 3.03. The Bertz CT molecular complexity index is 855. The lowest BCUT2D eigenvalue weighted by Gasteiger charge is -2.01. The minimum absolute atomic E-state index is 0.0241. The summed E-state index contributed by atoms with van der Waals surface area (Å²) in [5.74, 6) is -0.846. The van der Waals surface area contributed by atoms with Gasteiger partial charge in [-0.2, -0.15) is 11.3 Å². The average molecular weight is 394 g/mol. The maximum Gasteiger partial charge on any atom is 0.367 e. The Morgan fingerprint density at radius 1 is 1.08 bits per heavy atom. The molecule has 0 atom stereocenters. The molecule has 0 fully saturated rings. The highest BCUT2D eigenvalue weighted by atomic mass is 32.1. The Labute approximate surface area is 156 Å². The van der Waals surface area contributed by atoms with Crippen molar-refractivity contribution in [1.82, 2.24) is 9.97 Å². The first-order valence-electron chi connectivity index (χ1n) is 7.40. The van der Waals surface area contributed by atoms with Crippen molar-refractivity contribution in [2.75, 3.05) is 6.61 Å². The summed E-state index contributed by atoms with van der Waals surface area (Å²) in [7, 11) is 0. The summed E-state index contributed by atoms with van der Waals surface area (Å²) >= 11 is 4.28. The first kappa shape index (κ1) is 17.7. The fourth-order valence-corrected chi connectivity index (χ4v) is 4.15. The van der Waals surface area contributed by atoms with Crippen molar-refractivity contribution in [3.8, 4) is 10.6 Å². The highest BCUT2D eigenvalue weighted by Gasteiger charge is 2.14. The standard InChI is InChI=1S/C16H14N2O4S3/c1-2-21-16(20)15-18-12(9-25-15)6-22-13(19)5-11-8-24-14(17-11)10-3-4-23-7-10/h3-4,7-9H,2,5-6H2,1H3. The van der Waals surface area contributed by atoms with Gasteiger partial charge in [0.2, 0.25) is 5.01 Å². The Kier molecular flexibility index (Phi) is 5.90. The van der Waals surface area contributed by atoms with Crippen LogP contribution in [-0.4, -0.2) is 28.5 Å². The van der Waals surface area contributed by atoms with Crippen molar-refractivity contribution in [2.45, 2.75) is 20.0 Å². The Balaban J connectivity index is 1.51. The monoisotopic (exact) mass is 394 g/mol. The molecule has 3 rings (SSSR count). The molecule has 0 amide bonds. The minimum atomic E-state index is -0.464. The molecule has 25 heavy (non-hydrogen) atoms. The summed E-state index contributed by atoms with van der Waals surface area (Å²) in [4.78, 5) is 32.0. The van der Waals surface area contributed by atoms with Crippen LogP contribution in [-0.2, 0) is 27.3 Å². The van der Waals surface area contributed by atoms with Crippen molar-refractivity contribution in [2.24, 2.45) is 0 Å². The van der Waals surface area contributed by atoms with E-state index in [-0.39, 0.29) is 24.0 Å². The number of esters is 2. The molecule has 0 N–H and O–H groups in total. The number of ether oxygens (including phenoxy) is 2. The molecule has 0 aliphatic rings. The van der Waals surface area contributed by atoms with Gasteiger partial charge < -0.3 is 9.47 Å². The quantitative estimate of drug-likeness (QED) is 0.567. The first-order chi connectivity index (χ1) is 12.2. The van der Waals surface area contributed by atoms with Gasteiger partial charge in [-0.15, -0.1) is 22.7 Å². The van der Waals surface area contributed by atoms with Crippen LogP contribution >= 0.6 is 34.0 Å². The molecular weight excluding hydrogens is 380 g/mol. The van der Waals surface area contributed by atoms with E-state index in [0.29, 0.717) is 18.0 Å². The molecule has 130 valence electrons. The smallest absolute Gasteiger partial charge is 0.367 e. The summed E-state index contributed by atoms with van der Waals surface area (Å²) < 4.78 is 10.1. The number of carbonyl (C=O) groups is 2. The highest BCUT2D eigenvalue weighted by Crippen LogP contribution is 2.25. The maximum atomic E-state index is 12.0. The van der Waals surface area contributed by atoms with Gasteiger partial charge >= 0.3 is 11.9 Å².